The third kappa shape index (κ3) is 6.99. The number of benzene rings is 4. The summed E-state index contributed by atoms with van der Waals surface area (Å²) in [6.45, 7) is 2.55. The highest BCUT2D eigenvalue weighted by atomic mass is 35.5. The first kappa shape index (κ1) is 29.7. The Hall–Kier alpha value is -4.79. The molecule has 0 radical (unpaired) electrons. The molecule has 1 saturated heterocycles. The predicted molar refractivity (Wildman–Crippen MR) is 165 cm³/mol. The van der Waals surface area contributed by atoms with E-state index in [1.165, 1.54) is 13.2 Å². The number of amides is 4. The molecule has 0 saturated carbocycles. The maximum atomic E-state index is 13.4. The van der Waals surface area contributed by atoms with Crippen molar-refractivity contribution in [2.24, 2.45) is 0 Å². The Morgan fingerprint density at radius 1 is 0.814 bits per heavy atom. The average molecular weight is 617 g/mol. The van der Waals surface area contributed by atoms with Crippen LogP contribution in [0.2, 0.25) is 10.0 Å². The van der Waals surface area contributed by atoms with Gasteiger partial charge in [-0.15, -0.1) is 0 Å². The van der Waals surface area contributed by atoms with Crippen molar-refractivity contribution in [3.8, 4) is 17.2 Å². The fourth-order valence-corrected chi connectivity index (χ4v) is 4.75. The van der Waals surface area contributed by atoms with E-state index in [-0.39, 0.29) is 17.9 Å². The molecule has 1 fully saturated rings. The van der Waals surface area contributed by atoms with Crippen molar-refractivity contribution >= 4 is 52.8 Å². The molecule has 0 bridgehead atoms. The van der Waals surface area contributed by atoms with Gasteiger partial charge in [0, 0.05) is 15.6 Å². The minimum absolute atomic E-state index is 0.167. The maximum absolute atomic E-state index is 13.4. The first-order valence-corrected chi connectivity index (χ1v) is 13.9. The van der Waals surface area contributed by atoms with E-state index >= 15 is 0 Å². The monoisotopic (exact) mass is 616 g/mol. The molecule has 0 aromatic heterocycles. The van der Waals surface area contributed by atoms with E-state index in [0.29, 0.717) is 39.5 Å². The number of carbonyl (C=O) groups excluding carboxylic acids is 3. The van der Waals surface area contributed by atoms with Crippen LogP contribution in [0.25, 0.3) is 6.08 Å². The number of methoxy groups -OCH3 is 1. The lowest BCUT2D eigenvalue weighted by Crippen LogP contribution is -2.54. The zero-order valence-corrected chi connectivity index (χ0v) is 24.7. The molecular weight excluding hydrogens is 591 g/mol. The van der Waals surface area contributed by atoms with Crippen LogP contribution in [0.4, 0.5) is 10.5 Å². The molecule has 1 aliphatic rings. The number of urea groups is 1. The minimum Gasteiger partial charge on any atom is -0.493 e. The van der Waals surface area contributed by atoms with Gasteiger partial charge in [0.25, 0.3) is 11.8 Å². The van der Waals surface area contributed by atoms with Gasteiger partial charge in [0.1, 0.15) is 24.5 Å². The number of nitrogens with one attached hydrogen (secondary N) is 1. The number of ether oxygens (including phenoxy) is 3. The lowest BCUT2D eigenvalue weighted by Gasteiger charge is -2.26. The third-order valence-corrected chi connectivity index (χ3v) is 7.21. The van der Waals surface area contributed by atoms with Gasteiger partial charge in [0.05, 0.1) is 12.8 Å². The number of carbonyl (C=O) groups is 3. The minimum atomic E-state index is -0.845. The molecule has 5 rings (SSSR count). The van der Waals surface area contributed by atoms with Crippen molar-refractivity contribution in [2.45, 2.75) is 20.1 Å². The zero-order valence-electron chi connectivity index (χ0n) is 23.2. The van der Waals surface area contributed by atoms with Gasteiger partial charge in [-0.1, -0.05) is 65.2 Å². The summed E-state index contributed by atoms with van der Waals surface area (Å²) < 4.78 is 17.2. The summed E-state index contributed by atoms with van der Waals surface area (Å²) >= 11 is 12.2. The van der Waals surface area contributed by atoms with Gasteiger partial charge in [-0.2, -0.15) is 0 Å². The lowest BCUT2D eigenvalue weighted by atomic mass is 10.1. The molecule has 1 N–H and O–H groups in total. The molecule has 218 valence electrons. The van der Waals surface area contributed by atoms with E-state index in [4.69, 9.17) is 37.4 Å². The van der Waals surface area contributed by atoms with E-state index < -0.39 is 17.8 Å². The standard InChI is InChI=1S/C33H26Cl2N2O6/c1-20-3-5-21(6-4-20)18-42-26-12-10-25(11-13-26)37-32(39)27(31(38)36-33(37)40)15-22-7-14-29(30(16-22)41-2)43-19-23-8-9-24(34)17-28(23)35/h3-17H,18-19H2,1-2H3,(H,36,38,40)/b27-15+. The predicted octanol–water partition coefficient (Wildman–Crippen LogP) is 7.13. The molecule has 8 nitrogen and oxygen atoms in total. The van der Waals surface area contributed by atoms with Crippen LogP contribution in [0.1, 0.15) is 22.3 Å². The molecule has 0 atom stereocenters. The Labute approximate surface area is 258 Å². The molecule has 1 aliphatic heterocycles. The van der Waals surface area contributed by atoms with Gasteiger partial charge >= 0.3 is 6.03 Å². The summed E-state index contributed by atoms with van der Waals surface area (Å²) in [5.41, 5.74) is 3.45. The molecule has 0 unspecified atom stereocenters. The summed E-state index contributed by atoms with van der Waals surface area (Å²) in [5, 5.41) is 3.22. The Bertz CT molecular complexity index is 1720. The van der Waals surface area contributed by atoms with Crippen molar-refractivity contribution in [1.82, 2.24) is 5.32 Å². The highest BCUT2D eigenvalue weighted by Crippen LogP contribution is 2.32. The fourth-order valence-electron chi connectivity index (χ4n) is 4.29. The van der Waals surface area contributed by atoms with E-state index in [9.17, 15) is 14.4 Å². The number of barbiturate groups is 1. The molecule has 43 heavy (non-hydrogen) atoms. The van der Waals surface area contributed by atoms with Gasteiger partial charge in [-0.3, -0.25) is 14.9 Å². The Kier molecular flexibility index (Phi) is 8.99. The lowest BCUT2D eigenvalue weighted by molar-refractivity contribution is -0.122. The van der Waals surface area contributed by atoms with Gasteiger partial charge in [-0.25, -0.2) is 9.69 Å². The Balaban J connectivity index is 1.31. The Morgan fingerprint density at radius 3 is 2.26 bits per heavy atom. The molecule has 4 amide bonds. The van der Waals surface area contributed by atoms with Crippen LogP contribution >= 0.6 is 23.2 Å². The van der Waals surface area contributed by atoms with Crippen LogP contribution in [0.5, 0.6) is 17.2 Å². The van der Waals surface area contributed by atoms with Crippen LogP contribution in [0.15, 0.2) is 90.5 Å². The molecule has 4 aromatic rings. The van der Waals surface area contributed by atoms with E-state index in [1.54, 1.807) is 60.7 Å². The number of aryl methyl sites for hydroxylation is 1. The van der Waals surface area contributed by atoms with Crippen LogP contribution in [0.3, 0.4) is 0 Å². The van der Waals surface area contributed by atoms with E-state index in [0.717, 1.165) is 21.6 Å². The van der Waals surface area contributed by atoms with Crippen LogP contribution in [-0.4, -0.2) is 25.0 Å². The normalized spacial score (nSPS) is 14.1. The average Bonchev–Trinajstić information content (AvgIpc) is 2.99. The highest BCUT2D eigenvalue weighted by molar-refractivity contribution is 6.39. The van der Waals surface area contributed by atoms with Crippen LogP contribution in [-0.2, 0) is 22.8 Å². The second-order valence-electron chi connectivity index (χ2n) is 9.66. The number of hydrogen-bond acceptors (Lipinski definition) is 6. The van der Waals surface area contributed by atoms with E-state index in [2.05, 4.69) is 5.32 Å². The second-order valence-corrected chi connectivity index (χ2v) is 10.5. The number of imide groups is 2. The molecule has 0 spiro atoms. The highest BCUT2D eigenvalue weighted by Gasteiger charge is 2.36. The Morgan fingerprint density at radius 2 is 1.56 bits per heavy atom. The third-order valence-electron chi connectivity index (χ3n) is 6.62. The smallest absolute Gasteiger partial charge is 0.335 e. The van der Waals surface area contributed by atoms with Gasteiger partial charge in [0.2, 0.25) is 0 Å². The summed E-state index contributed by atoms with van der Waals surface area (Å²) in [6.07, 6.45) is 1.39. The zero-order chi connectivity index (χ0) is 30.5. The molecule has 1 heterocycles. The molecule has 4 aromatic carbocycles. The number of anilines is 1. The SMILES string of the molecule is COc1cc(/C=C2\C(=O)NC(=O)N(c3ccc(OCc4ccc(C)cc4)cc3)C2=O)ccc1OCc1ccc(Cl)cc1Cl. The number of rotatable bonds is 9. The fraction of sp³-hybridized carbons (Fsp3) is 0.121. The van der Waals surface area contributed by atoms with Crippen molar-refractivity contribution in [1.29, 1.82) is 0 Å². The first-order valence-electron chi connectivity index (χ1n) is 13.2. The van der Waals surface area contributed by atoms with Gasteiger partial charge < -0.3 is 14.2 Å². The van der Waals surface area contributed by atoms with Gasteiger partial charge in [0.15, 0.2) is 11.5 Å². The number of halogens is 2. The van der Waals surface area contributed by atoms with Crippen molar-refractivity contribution in [3.05, 3.63) is 123 Å². The summed E-state index contributed by atoms with van der Waals surface area (Å²) in [6, 6.07) is 23.7. The first-order chi connectivity index (χ1) is 20.7. The quantitative estimate of drug-likeness (QED) is 0.159. The van der Waals surface area contributed by atoms with Crippen molar-refractivity contribution in [3.63, 3.8) is 0 Å². The van der Waals surface area contributed by atoms with Crippen molar-refractivity contribution in [2.75, 3.05) is 12.0 Å². The van der Waals surface area contributed by atoms with Gasteiger partial charge in [-0.05, 0) is 72.7 Å². The summed E-state index contributed by atoms with van der Waals surface area (Å²) in [5.74, 6) is -0.206. The number of nitrogens with zero attached hydrogens (tertiary/aromatic N) is 1. The van der Waals surface area contributed by atoms with E-state index in [1.807, 2.05) is 31.2 Å². The summed E-state index contributed by atoms with van der Waals surface area (Å²) in [4.78, 5) is 39.6. The molecule has 0 aliphatic carbocycles. The second kappa shape index (κ2) is 13.0. The number of hydrogen-bond donors (Lipinski definition) is 1. The van der Waals surface area contributed by atoms with Crippen LogP contribution < -0.4 is 24.4 Å². The molecular formula is C33H26Cl2N2O6. The largest absolute Gasteiger partial charge is 0.493 e. The van der Waals surface area contributed by atoms with Crippen molar-refractivity contribution < 1.29 is 28.6 Å². The molecule has 10 heteroatoms. The maximum Gasteiger partial charge on any atom is 0.335 e. The van der Waals surface area contributed by atoms with Crippen LogP contribution in [0, 0.1) is 6.92 Å². The summed E-state index contributed by atoms with van der Waals surface area (Å²) in [7, 11) is 1.47. The topological polar surface area (TPSA) is 94.2 Å².